The van der Waals surface area contributed by atoms with E-state index >= 15 is 0 Å². The Bertz CT molecular complexity index is 206. The number of carboxylic acids is 1. The van der Waals surface area contributed by atoms with Gasteiger partial charge in [0.25, 0.3) is 0 Å². The van der Waals surface area contributed by atoms with E-state index in [1.165, 1.54) is 0 Å². The number of ether oxygens (including phenoxy) is 1. The van der Waals surface area contributed by atoms with Gasteiger partial charge in [0.2, 0.25) is 0 Å². The van der Waals surface area contributed by atoms with Crippen LogP contribution in [0.4, 0.5) is 13.2 Å². The highest BCUT2D eigenvalue weighted by atomic mass is 19.4. The normalized spacial score (nSPS) is 29.2. The maximum atomic E-state index is 11.6. The summed E-state index contributed by atoms with van der Waals surface area (Å²) in [5, 5.41) is 10.8. The molecular formula is C6H8F3NO3. The van der Waals surface area contributed by atoms with Crippen LogP contribution in [-0.2, 0) is 9.53 Å². The summed E-state index contributed by atoms with van der Waals surface area (Å²) in [6.45, 7) is -0.0868. The molecule has 1 aliphatic rings. The van der Waals surface area contributed by atoms with Gasteiger partial charge in [0.05, 0.1) is 6.10 Å². The largest absolute Gasteiger partial charge is 0.522 e. The van der Waals surface area contributed by atoms with Crippen LogP contribution in [0.2, 0.25) is 0 Å². The average Bonchev–Trinajstić information content (AvgIpc) is 2.31. The van der Waals surface area contributed by atoms with Crippen LogP contribution >= 0.6 is 0 Å². The van der Waals surface area contributed by atoms with Gasteiger partial charge in [-0.25, -0.2) is 0 Å². The van der Waals surface area contributed by atoms with Crippen molar-refractivity contribution in [2.45, 2.75) is 24.9 Å². The van der Waals surface area contributed by atoms with Gasteiger partial charge in [0, 0.05) is 13.0 Å². The standard InChI is InChI=1S/C6H8F3NO3/c7-6(8,9)13-3-1-4(5(11)12)10-2-3/h3-4,10H,1-2H2,(H,11,12)/t3-,4-/m1/s1. The zero-order valence-electron chi connectivity index (χ0n) is 6.47. The molecule has 2 N–H and O–H groups in total. The molecule has 13 heavy (non-hydrogen) atoms. The maximum absolute atomic E-state index is 11.6. The summed E-state index contributed by atoms with van der Waals surface area (Å²) in [5.74, 6) is -1.16. The summed E-state index contributed by atoms with van der Waals surface area (Å²) in [5.41, 5.74) is 0. The van der Waals surface area contributed by atoms with E-state index < -0.39 is 24.5 Å². The zero-order chi connectivity index (χ0) is 10.1. The van der Waals surface area contributed by atoms with E-state index in [0.717, 1.165) is 0 Å². The van der Waals surface area contributed by atoms with Gasteiger partial charge in [0.1, 0.15) is 6.04 Å². The average molecular weight is 199 g/mol. The molecule has 2 atom stereocenters. The summed E-state index contributed by atoms with van der Waals surface area (Å²) in [6, 6.07) is -0.938. The highest BCUT2D eigenvalue weighted by molar-refractivity contribution is 5.73. The van der Waals surface area contributed by atoms with E-state index in [9.17, 15) is 18.0 Å². The van der Waals surface area contributed by atoms with E-state index in [1.807, 2.05) is 0 Å². The molecule has 76 valence electrons. The smallest absolute Gasteiger partial charge is 0.480 e. The van der Waals surface area contributed by atoms with E-state index in [4.69, 9.17) is 5.11 Å². The van der Waals surface area contributed by atoms with E-state index in [1.54, 1.807) is 0 Å². The summed E-state index contributed by atoms with van der Waals surface area (Å²) in [6.07, 6.45) is -5.95. The molecule has 0 radical (unpaired) electrons. The van der Waals surface area contributed by atoms with Crippen molar-refractivity contribution in [2.75, 3.05) is 6.54 Å². The quantitative estimate of drug-likeness (QED) is 0.673. The van der Waals surface area contributed by atoms with Crippen LogP contribution in [0.15, 0.2) is 0 Å². The molecule has 7 heteroatoms. The number of carboxylic acid groups (broad SMARTS) is 1. The third kappa shape index (κ3) is 3.19. The first-order chi connectivity index (χ1) is 5.88. The molecule has 0 unspecified atom stereocenters. The number of aliphatic carboxylic acids is 1. The zero-order valence-corrected chi connectivity index (χ0v) is 6.47. The molecule has 1 saturated heterocycles. The van der Waals surface area contributed by atoms with E-state index in [0.29, 0.717) is 0 Å². The Balaban J connectivity index is 2.38. The molecule has 0 aromatic rings. The molecule has 0 aromatic heterocycles. The van der Waals surface area contributed by atoms with Crippen molar-refractivity contribution in [3.8, 4) is 0 Å². The molecule has 1 rings (SSSR count). The van der Waals surface area contributed by atoms with Crippen LogP contribution in [0.25, 0.3) is 0 Å². The highest BCUT2D eigenvalue weighted by Gasteiger charge is 2.38. The number of hydrogen-bond donors (Lipinski definition) is 2. The fraction of sp³-hybridized carbons (Fsp3) is 0.833. The minimum Gasteiger partial charge on any atom is -0.480 e. The fourth-order valence-corrected chi connectivity index (χ4v) is 1.17. The van der Waals surface area contributed by atoms with Crippen molar-refractivity contribution in [3.63, 3.8) is 0 Å². The van der Waals surface area contributed by atoms with Gasteiger partial charge < -0.3 is 10.4 Å². The molecule has 0 saturated carbocycles. The predicted octanol–water partition coefficient (Wildman–Crippen LogP) is 0.338. The highest BCUT2D eigenvalue weighted by Crippen LogP contribution is 2.22. The van der Waals surface area contributed by atoms with Gasteiger partial charge in [-0.05, 0) is 0 Å². The Hall–Kier alpha value is -0.820. The first kappa shape index (κ1) is 10.3. The Kier molecular flexibility index (Phi) is 2.77. The lowest BCUT2D eigenvalue weighted by molar-refractivity contribution is -0.340. The van der Waals surface area contributed by atoms with Gasteiger partial charge in [-0.2, -0.15) is 0 Å². The van der Waals surface area contributed by atoms with Crippen LogP contribution in [0.3, 0.4) is 0 Å². The van der Waals surface area contributed by atoms with Crippen LogP contribution in [0, 0.1) is 0 Å². The number of rotatable bonds is 2. The van der Waals surface area contributed by atoms with Gasteiger partial charge in [-0.15, -0.1) is 13.2 Å². The number of hydrogen-bond acceptors (Lipinski definition) is 3. The topological polar surface area (TPSA) is 58.6 Å². The van der Waals surface area contributed by atoms with Gasteiger partial charge in [0.15, 0.2) is 0 Å². The fourth-order valence-electron chi connectivity index (χ4n) is 1.17. The Morgan fingerprint density at radius 2 is 2.15 bits per heavy atom. The molecule has 0 aromatic carbocycles. The van der Waals surface area contributed by atoms with Gasteiger partial charge >= 0.3 is 12.3 Å². The van der Waals surface area contributed by atoms with Crippen LogP contribution in [0.5, 0.6) is 0 Å². The second-order valence-electron chi connectivity index (χ2n) is 2.72. The van der Waals surface area contributed by atoms with Crippen molar-refractivity contribution in [1.29, 1.82) is 0 Å². The number of nitrogens with one attached hydrogen (secondary N) is 1. The molecule has 0 bridgehead atoms. The van der Waals surface area contributed by atoms with Crippen molar-refractivity contribution < 1.29 is 27.8 Å². The second kappa shape index (κ2) is 3.51. The Morgan fingerprint density at radius 3 is 2.54 bits per heavy atom. The van der Waals surface area contributed by atoms with Gasteiger partial charge in [-0.3, -0.25) is 9.53 Å². The van der Waals surface area contributed by atoms with E-state index in [-0.39, 0.29) is 13.0 Å². The predicted molar refractivity (Wildman–Crippen MR) is 35.0 cm³/mol. The molecule has 1 heterocycles. The lowest BCUT2D eigenvalue weighted by Gasteiger charge is -2.12. The summed E-state index contributed by atoms with van der Waals surface area (Å²) >= 11 is 0. The molecule has 0 aliphatic carbocycles. The minimum absolute atomic E-state index is 0.0868. The SMILES string of the molecule is O=C(O)[C@H]1C[C@@H](OC(F)(F)F)CN1. The molecule has 4 nitrogen and oxygen atoms in total. The van der Waals surface area contributed by atoms with Crippen LogP contribution < -0.4 is 5.32 Å². The van der Waals surface area contributed by atoms with Crippen LogP contribution in [0.1, 0.15) is 6.42 Å². The van der Waals surface area contributed by atoms with Crippen LogP contribution in [-0.4, -0.2) is 36.1 Å². The van der Waals surface area contributed by atoms with Crippen molar-refractivity contribution in [3.05, 3.63) is 0 Å². The molecule has 1 fully saturated rings. The first-order valence-electron chi connectivity index (χ1n) is 3.59. The van der Waals surface area contributed by atoms with Gasteiger partial charge in [-0.1, -0.05) is 0 Å². The van der Waals surface area contributed by atoms with Crippen molar-refractivity contribution >= 4 is 5.97 Å². The summed E-state index contributed by atoms with van der Waals surface area (Å²) < 4.78 is 38.6. The third-order valence-electron chi connectivity index (χ3n) is 1.69. The minimum atomic E-state index is -4.69. The Morgan fingerprint density at radius 1 is 1.54 bits per heavy atom. The third-order valence-corrected chi connectivity index (χ3v) is 1.69. The molecular weight excluding hydrogens is 191 g/mol. The lowest BCUT2D eigenvalue weighted by atomic mass is 10.2. The van der Waals surface area contributed by atoms with Crippen molar-refractivity contribution in [2.24, 2.45) is 0 Å². The second-order valence-corrected chi connectivity index (χ2v) is 2.72. The summed E-state index contributed by atoms with van der Waals surface area (Å²) in [4.78, 5) is 10.3. The number of carbonyl (C=O) groups is 1. The number of alkyl halides is 3. The summed E-state index contributed by atoms with van der Waals surface area (Å²) in [7, 11) is 0. The molecule has 0 amide bonds. The lowest BCUT2D eigenvalue weighted by Crippen LogP contribution is -2.30. The Labute approximate surface area is 71.7 Å². The van der Waals surface area contributed by atoms with Crippen molar-refractivity contribution in [1.82, 2.24) is 5.32 Å². The number of halogens is 3. The maximum Gasteiger partial charge on any atom is 0.522 e. The molecule has 1 aliphatic heterocycles. The van der Waals surface area contributed by atoms with E-state index in [2.05, 4.69) is 10.1 Å². The monoisotopic (exact) mass is 199 g/mol. The molecule has 0 spiro atoms. The first-order valence-corrected chi connectivity index (χ1v) is 3.59.